The van der Waals surface area contributed by atoms with Crippen LogP contribution >= 0.6 is 0 Å². The second-order valence-electron chi connectivity index (χ2n) is 4.71. The molecule has 2 aliphatic rings. The molecule has 1 saturated heterocycles. The van der Waals surface area contributed by atoms with Crippen LogP contribution in [0.3, 0.4) is 0 Å². The molecule has 2 heteroatoms. The number of carbonyl (C=O) groups is 1. The molecule has 1 atom stereocenters. The summed E-state index contributed by atoms with van der Waals surface area (Å²) in [5.74, 6) is 1.01. The van der Waals surface area contributed by atoms with Crippen LogP contribution in [0.2, 0.25) is 0 Å². The second kappa shape index (κ2) is 2.24. The van der Waals surface area contributed by atoms with Gasteiger partial charge in [-0.15, -0.1) is 0 Å². The largest absolute Gasteiger partial charge is 0.342 e. The lowest BCUT2D eigenvalue weighted by atomic mass is 9.96. The van der Waals surface area contributed by atoms with Crippen molar-refractivity contribution in [2.24, 2.45) is 11.3 Å². The molecule has 2 fully saturated rings. The van der Waals surface area contributed by atoms with Gasteiger partial charge in [0, 0.05) is 13.1 Å². The Hall–Kier alpha value is -0.530. The third-order valence-electron chi connectivity index (χ3n) is 3.49. The van der Waals surface area contributed by atoms with Gasteiger partial charge in [-0.25, -0.2) is 0 Å². The molecule has 0 aromatic rings. The standard InChI is InChI=1S/C10H17NO/c1-7(2)8-6-10(4-5-10)9(12)11(8)3/h7-8H,4-6H2,1-3H3. The molecular formula is C10H17NO. The van der Waals surface area contributed by atoms with E-state index in [9.17, 15) is 4.79 Å². The third-order valence-corrected chi connectivity index (χ3v) is 3.49. The van der Waals surface area contributed by atoms with Crippen molar-refractivity contribution in [1.82, 2.24) is 4.90 Å². The van der Waals surface area contributed by atoms with Crippen LogP contribution in [0, 0.1) is 11.3 Å². The van der Waals surface area contributed by atoms with Gasteiger partial charge in [0.2, 0.25) is 5.91 Å². The van der Waals surface area contributed by atoms with Crippen molar-refractivity contribution >= 4 is 5.91 Å². The number of hydrogen-bond acceptors (Lipinski definition) is 1. The summed E-state index contributed by atoms with van der Waals surface area (Å²) in [5, 5.41) is 0. The SMILES string of the molecule is CC(C)C1CC2(CC2)C(=O)N1C. The van der Waals surface area contributed by atoms with Gasteiger partial charge in [0.1, 0.15) is 0 Å². The highest BCUT2D eigenvalue weighted by molar-refractivity contribution is 5.87. The average Bonchev–Trinajstić information content (AvgIpc) is 2.73. The zero-order chi connectivity index (χ0) is 8.93. The monoisotopic (exact) mass is 167 g/mol. The molecule has 1 saturated carbocycles. The Labute approximate surface area is 73.9 Å². The Morgan fingerprint density at radius 1 is 1.50 bits per heavy atom. The molecule has 1 spiro atoms. The maximum Gasteiger partial charge on any atom is 0.228 e. The number of likely N-dealkylation sites (tertiary alicyclic amines) is 1. The van der Waals surface area contributed by atoms with Crippen molar-refractivity contribution < 1.29 is 4.79 Å². The van der Waals surface area contributed by atoms with E-state index in [-0.39, 0.29) is 5.41 Å². The van der Waals surface area contributed by atoms with E-state index in [0.29, 0.717) is 17.9 Å². The highest BCUT2D eigenvalue weighted by atomic mass is 16.2. The molecule has 0 aromatic heterocycles. The van der Waals surface area contributed by atoms with Crippen LogP contribution in [0.15, 0.2) is 0 Å². The number of hydrogen-bond donors (Lipinski definition) is 0. The number of rotatable bonds is 1. The highest BCUT2D eigenvalue weighted by Crippen LogP contribution is 2.56. The lowest BCUT2D eigenvalue weighted by Crippen LogP contribution is -2.33. The molecule has 12 heavy (non-hydrogen) atoms. The predicted molar refractivity (Wildman–Crippen MR) is 47.7 cm³/mol. The molecule has 0 bridgehead atoms. The van der Waals surface area contributed by atoms with Crippen molar-refractivity contribution in [3.8, 4) is 0 Å². The first-order valence-electron chi connectivity index (χ1n) is 4.84. The zero-order valence-corrected chi connectivity index (χ0v) is 8.13. The summed E-state index contributed by atoms with van der Waals surface area (Å²) >= 11 is 0. The Balaban J connectivity index is 2.17. The summed E-state index contributed by atoms with van der Waals surface area (Å²) in [7, 11) is 1.96. The number of amides is 1. The lowest BCUT2D eigenvalue weighted by molar-refractivity contribution is -0.132. The quantitative estimate of drug-likeness (QED) is 0.581. The van der Waals surface area contributed by atoms with Crippen LogP contribution < -0.4 is 0 Å². The lowest BCUT2D eigenvalue weighted by Gasteiger charge is -2.22. The third kappa shape index (κ3) is 0.900. The average molecular weight is 167 g/mol. The zero-order valence-electron chi connectivity index (χ0n) is 8.13. The van der Waals surface area contributed by atoms with Gasteiger partial charge in [-0.2, -0.15) is 0 Å². The predicted octanol–water partition coefficient (Wildman–Crippen LogP) is 1.65. The fourth-order valence-electron chi connectivity index (χ4n) is 2.40. The molecule has 2 nitrogen and oxygen atoms in total. The van der Waals surface area contributed by atoms with Crippen LogP contribution in [-0.4, -0.2) is 23.9 Å². The second-order valence-corrected chi connectivity index (χ2v) is 4.71. The minimum absolute atomic E-state index is 0.115. The van der Waals surface area contributed by atoms with E-state index in [1.165, 1.54) is 0 Å². The first-order valence-corrected chi connectivity index (χ1v) is 4.84. The maximum atomic E-state index is 11.7. The molecule has 0 N–H and O–H groups in total. The Morgan fingerprint density at radius 3 is 2.33 bits per heavy atom. The fraction of sp³-hybridized carbons (Fsp3) is 0.900. The highest BCUT2D eigenvalue weighted by Gasteiger charge is 2.58. The molecule has 68 valence electrons. The van der Waals surface area contributed by atoms with E-state index in [0.717, 1.165) is 19.3 Å². The van der Waals surface area contributed by atoms with Gasteiger partial charge in [-0.3, -0.25) is 4.79 Å². The summed E-state index contributed by atoms with van der Waals surface area (Å²) in [4.78, 5) is 13.7. The normalized spacial score (nSPS) is 32.2. The van der Waals surface area contributed by atoms with Crippen molar-refractivity contribution in [3.63, 3.8) is 0 Å². The summed E-state index contributed by atoms with van der Waals surface area (Å²) in [5.41, 5.74) is 0.115. The van der Waals surface area contributed by atoms with Gasteiger partial charge in [-0.05, 0) is 25.2 Å². The van der Waals surface area contributed by atoms with E-state index in [1.54, 1.807) is 0 Å². The van der Waals surface area contributed by atoms with Gasteiger partial charge in [0.25, 0.3) is 0 Å². The van der Waals surface area contributed by atoms with Gasteiger partial charge >= 0.3 is 0 Å². The number of carbonyl (C=O) groups excluding carboxylic acids is 1. The van der Waals surface area contributed by atoms with Crippen LogP contribution in [0.1, 0.15) is 33.1 Å². The van der Waals surface area contributed by atoms with Crippen LogP contribution in [0.25, 0.3) is 0 Å². The molecule has 1 aliphatic carbocycles. The van der Waals surface area contributed by atoms with Gasteiger partial charge < -0.3 is 4.90 Å². The van der Waals surface area contributed by atoms with Crippen molar-refractivity contribution in [2.75, 3.05) is 7.05 Å². The van der Waals surface area contributed by atoms with E-state index in [1.807, 2.05) is 11.9 Å². The van der Waals surface area contributed by atoms with Crippen LogP contribution in [-0.2, 0) is 4.79 Å². The van der Waals surface area contributed by atoms with Crippen LogP contribution in [0.5, 0.6) is 0 Å². The first-order chi connectivity index (χ1) is 5.57. The topological polar surface area (TPSA) is 20.3 Å². The van der Waals surface area contributed by atoms with E-state index in [4.69, 9.17) is 0 Å². The van der Waals surface area contributed by atoms with E-state index >= 15 is 0 Å². The number of nitrogens with zero attached hydrogens (tertiary/aromatic N) is 1. The summed E-state index contributed by atoms with van der Waals surface area (Å²) in [6.45, 7) is 4.41. The summed E-state index contributed by atoms with van der Waals surface area (Å²) in [6, 6.07) is 0.500. The molecule has 0 radical (unpaired) electrons. The summed E-state index contributed by atoms with van der Waals surface area (Å²) in [6.07, 6.45) is 3.39. The molecule has 1 amide bonds. The smallest absolute Gasteiger partial charge is 0.228 e. The fourth-order valence-corrected chi connectivity index (χ4v) is 2.40. The Bertz CT molecular complexity index is 218. The molecular weight excluding hydrogens is 150 g/mol. The van der Waals surface area contributed by atoms with Crippen molar-refractivity contribution in [2.45, 2.75) is 39.2 Å². The maximum absolute atomic E-state index is 11.7. The molecule has 0 aromatic carbocycles. The van der Waals surface area contributed by atoms with Gasteiger partial charge in [0.15, 0.2) is 0 Å². The van der Waals surface area contributed by atoms with Gasteiger partial charge in [-0.1, -0.05) is 13.8 Å². The molecule has 1 aliphatic heterocycles. The minimum Gasteiger partial charge on any atom is -0.342 e. The van der Waals surface area contributed by atoms with Crippen molar-refractivity contribution in [3.05, 3.63) is 0 Å². The Kier molecular flexibility index (Phi) is 1.51. The van der Waals surface area contributed by atoms with E-state index < -0.39 is 0 Å². The van der Waals surface area contributed by atoms with Crippen molar-refractivity contribution in [1.29, 1.82) is 0 Å². The minimum atomic E-state index is 0.115. The Morgan fingerprint density at radius 2 is 2.08 bits per heavy atom. The molecule has 1 heterocycles. The summed E-state index contributed by atoms with van der Waals surface area (Å²) < 4.78 is 0. The molecule has 1 unspecified atom stereocenters. The first kappa shape index (κ1) is 8.09. The van der Waals surface area contributed by atoms with E-state index in [2.05, 4.69) is 13.8 Å². The van der Waals surface area contributed by atoms with Gasteiger partial charge in [0.05, 0.1) is 5.41 Å². The van der Waals surface area contributed by atoms with Crippen LogP contribution in [0.4, 0.5) is 0 Å². The molecule has 2 rings (SSSR count).